The maximum Gasteiger partial charge on any atom is 0.126 e. The molecule has 0 aliphatic heterocycles. The van der Waals surface area contributed by atoms with Gasteiger partial charge in [0.25, 0.3) is 0 Å². The van der Waals surface area contributed by atoms with Crippen molar-refractivity contribution < 1.29 is 9.84 Å². The molecule has 114 valence electrons. The number of phenolic OH excluding ortho intramolecular Hbond substituents is 1. The van der Waals surface area contributed by atoms with E-state index >= 15 is 0 Å². The molecule has 0 bridgehead atoms. The third-order valence-corrected chi connectivity index (χ3v) is 3.58. The van der Waals surface area contributed by atoms with Crippen LogP contribution in [0, 0.1) is 0 Å². The average Bonchev–Trinajstić information content (AvgIpc) is 2.52. The molecule has 0 aliphatic rings. The van der Waals surface area contributed by atoms with E-state index in [1.54, 1.807) is 25.6 Å². The van der Waals surface area contributed by atoms with Crippen LogP contribution < -0.4 is 4.74 Å². The van der Waals surface area contributed by atoms with Gasteiger partial charge in [-0.2, -0.15) is 0 Å². The first-order valence-corrected chi connectivity index (χ1v) is 7.17. The summed E-state index contributed by atoms with van der Waals surface area (Å²) in [7, 11) is 1.61. The Labute approximate surface area is 131 Å². The number of ether oxygens (including phenoxy) is 1. The molecular formula is C19H21NO2. The predicted molar refractivity (Wildman–Crippen MR) is 90.2 cm³/mol. The molecule has 0 atom stereocenters. The van der Waals surface area contributed by atoms with E-state index in [1.807, 2.05) is 25.1 Å². The maximum atomic E-state index is 10.3. The Morgan fingerprint density at radius 3 is 2.45 bits per heavy atom. The molecule has 0 aliphatic carbocycles. The molecule has 2 aromatic rings. The van der Waals surface area contributed by atoms with Crippen LogP contribution in [0.1, 0.15) is 30.0 Å². The highest BCUT2D eigenvalue weighted by Crippen LogP contribution is 2.35. The third-order valence-electron chi connectivity index (χ3n) is 3.58. The Balaban J connectivity index is 2.37. The Morgan fingerprint density at radius 1 is 1.18 bits per heavy atom. The van der Waals surface area contributed by atoms with E-state index in [-0.39, 0.29) is 5.75 Å². The van der Waals surface area contributed by atoms with Crippen molar-refractivity contribution in [3.05, 3.63) is 72.1 Å². The molecule has 0 spiro atoms. The van der Waals surface area contributed by atoms with Crippen LogP contribution in [0.5, 0.6) is 11.5 Å². The summed E-state index contributed by atoms with van der Waals surface area (Å²) in [5.41, 5.74) is 4.50. The van der Waals surface area contributed by atoms with Crippen molar-refractivity contribution >= 4 is 5.57 Å². The first-order valence-electron chi connectivity index (χ1n) is 7.17. The summed E-state index contributed by atoms with van der Waals surface area (Å²) in [4.78, 5) is 4.00. The minimum atomic E-state index is 0.228. The second kappa shape index (κ2) is 6.94. The van der Waals surface area contributed by atoms with Crippen molar-refractivity contribution in [3.63, 3.8) is 0 Å². The van der Waals surface area contributed by atoms with Crippen molar-refractivity contribution in [2.75, 3.05) is 7.11 Å². The lowest BCUT2D eigenvalue weighted by Gasteiger charge is -2.14. The van der Waals surface area contributed by atoms with Gasteiger partial charge in [0.2, 0.25) is 0 Å². The van der Waals surface area contributed by atoms with E-state index in [2.05, 4.69) is 18.1 Å². The van der Waals surface area contributed by atoms with Crippen molar-refractivity contribution in [3.8, 4) is 11.5 Å². The zero-order valence-corrected chi connectivity index (χ0v) is 13.1. The van der Waals surface area contributed by atoms with Gasteiger partial charge in [0.05, 0.1) is 7.11 Å². The van der Waals surface area contributed by atoms with Crippen LogP contribution in [0.2, 0.25) is 0 Å². The summed E-state index contributed by atoms with van der Waals surface area (Å²) in [5.74, 6) is 0.900. The van der Waals surface area contributed by atoms with Crippen LogP contribution in [0.3, 0.4) is 0 Å². The second-order valence-electron chi connectivity index (χ2n) is 5.35. The summed E-state index contributed by atoms with van der Waals surface area (Å²) in [6.45, 7) is 9.98. The molecule has 1 aromatic heterocycles. The van der Waals surface area contributed by atoms with Gasteiger partial charge in [-0.3, -0.25) is 4.98 Å². The Hall–Kier alpha value is -2.55. The average molecular weight is 295 g/mol. The van der Waals surface area contributed by atoms with Crippen molar-refractivity contribution in [2.24, 2.45) is 0 Å². The number of rotatable bonds is 6. The van der Waals surface area contributed by atoms with Crippen molar-refractivity contribution in [1.82, 2.24) is 4.98 Å². The lowest BCUT2D eigenvalue weighted by molar-refractivity contribution is 0.399. The molecule has 1 heterocycles. The number of hydrogen-bond donors (Lipinski definition) is 1. The quantitative estimate of drug-likeness (QED) is 0.805. The number of allylic oxidation sites excluding steroid dienone is 1. The fraction of sp³-hybridized carbons (Fsp3) is 0.211. The van der Waals surface area contributed by atoms with Gasteiger partial charge in [0.15, 0.2) is 0 Å². The van der Waals surface area contributed by atoms with Crippen LogP contribution in [-0.2, 0) is 6.42 Å². The monoisotopic (exact) mass is 295 g/mol. The highest BCUT2D eigenvalue weighted by Gasteiger charge is 2.13. The summed E-state index contributed by atoms with van der Waals surface area (Å²) in [5, 5.41) is 10.3. The van der Waals surface area contributed by atoms with E-state index < -0.39 is 0 Å². The number of nitrogens with zero attached hydrogens (tertiary/aromatic N) is 1. The summed E-state index contributed by atoms with van der Waals surface area (Å²) in [6, 6.07) is 7.43. The van der Waals surface area contributed by atoms with Gasteiger partial charge in [-0.25, -0.2) is 0 Å². The van der Waals surface area contributed by atoms with Crippen LogP contribution in [0.15, 0.2) is 55.4 Å². The molecule has 0 fully saturated rings. The van der Waals surface area contributed by atoms with Gasteiger partial charge in [-0.1, -0.05) is 12.2 Å². The fourth-order valence-electron chi connectivity index (χ4n) is 2.30. The van der Waals surface area contributed by atoms with Crippen molar-refractivity contribution in [2.45, 2.75) is 19.8 Å². The number of hydrogen-bond acceptors (Lipinski definition) is 3. The van der Waals surface area contributed by atoms with Gasteiger partial charge >= 0.3 is 0 Å². The Morgan fingerprint density at radius 2 is 1.86 bits per heavy atom. The van der Waals surface area contributed by atoms with Crippen LogP contribution in [-0.4, -0.2) is 17.2 Å². The summed E-state index contributed by atoms with van der Waals surface area (Å²) in [6.07, 6.45) is 4.96. The number of benzene rings is 1. The highest BCUT2D eigenvalue weighted by atomic mass is 16.5. The smallest absolute Gasteiger partial charge is 0.126 e. The largest absolute Gasteiger partial charge is 0.508 e. The molecular weight excluding hydrogens is 274 g/mol. The molecule has 3 heteroatoms. The van der Waals surface area contributed by atoms with E-state index in [9.17, 15) is 5.11 Å². The lowest BCUT2D eigenvalue weighted by Crippen LogP contribution is -1.96. The maximum absolute atomic E-state index is 10.3. The van der Waals surface area contributed by atoms with Crippen LogP contribution in [0.4, 0.5) is 0 Å². The first kappa shape index (κ1) is 15.8. The molecule has 0 radical (unpaired) electrons. The molecule has 0 amide bonds. The fourth-order valence-corrected chi connectivity index (χ4v) is 2.30. The van der Waals surface area contributed by atoms with Crippen molar-refractivity contribution in [1.29, 1.82) is 0 Å². The zero-order valence-electron chi connectivity index (χ0n) is 13.1. The van der Waals surface area contributed by atoms with Gasteiger partial charge in [-0.15, -0.1) is 6.58 Å². The molecule has 0 saturated carbocycles. The predicted octanol–water partition coefficient (Wildman–Crippen LogP) is 4.37. The van der Waals surface area contributed by atoms with Crippen LogP contribution in [0.25, 0.3) is 5.57 Å². The number of aromatic nitrogens is 1. The number of aromatic hydroxyl groups is 1. The van der Waals surface area contributed by atoms with Crippen LogP contribution >= 0.6 is 0 Å². The van der Waals surface area contributed by atoms with E-state index in [0.29, 0.717) is 12.2 Å². The van der Waals surface area contributed by atoms with Gasteiger partial charge in [0, 0.05) is 18.0 Å². The van der Waals surface area contributed by atoms with E-state index in [1.165, 1.54) is 0 Å². The molecule has 0 unspecified atom stereocenters. The molecule has 1 N–H and O–H groups in total. The standard InChI is InChI=1S/C19H21NO2/c1-13(2)5-6-17-18(21)11-16(12-19(17)22-4)14(3)15-7-9-20-10-8-15/h7-12,21H,1,3,5-6H2,2,4H3. The lowest BCUT2D eigenvalue weighted by atomic mass is 9.96. The van der Waals surface area contributed by atoms with Gasteiger partial charge in [-0.05, 0) is 60.7 Å². The minimum Gasteiger partial charge on any atom is -0.508 e. The molecule has 1 aromatic carbocycles. The molecule has 2 rings (SSSR count). The number of pyridine rings is 1. The minimum absolute atomic E-state index is 0.228. The van der Waals surface area contributed by atoms with Gasteiger partial charge < -0.3 is 9.84 Å². The molecule has 22 heavy (non-hydrogen) atoms. The Kier molecular flexibility index (Phi) is 4.99. The topological polar surface area (TPSA) is 42.4 Å². The Bertz CT molecular complexity index is 690. The van der Waals surface area contributed by atoms with E-state index in [0.717, 1.165) is 34.3 Å². The zero-order chi connectivity index (χ0) is 16.1. The summed E-state index contributed by atoms with van der Waals surface area (Å²) < 4.78 is 5.44. The SMILES string of the molecule is C=C(C)CCc1c(O)cc(C(=C)c2ccncc2)cc1OC. The first-order chi connectivity index (χ1) is 10.5. The normalized spacial score (nSPS) is 10.3. The van der Waals surface area contributed by atoms with E-state index in [4.69, 9.17) is 4.74 Å². The third kappa shape index (κ3) is 3.55. The molecule has 3 nitrogen and oxygen atoms in total. The second-order valence-corrected chi connectivity index (χ2v) is 5.35. The summed E-state index contributed by atoms with van der Waals surface area (Å²) >= 11 is 0. The number of phenols is 1. The number of methoxy groups -OCH3 is 1. The highest BCUT2D eigenvalue weighted by molar-refractivity contribution is 5.79. The van der Waals surface area contributed by atoms with Gasteiger partial charge in [0.1, 0.15) is 11.5 Å². The molecule has 0 saturated heterocycles.